The summed E-state index contributed by atoms with van der Waals surface area (Å²) < 4.78 is 52.4. The monoisotopic (exact) mass is 314 g/mol. The number of carbonyl (C=O) groups is 1. The number of sulfonamides is 1. The number of nitrogens with zero attached hydrogens (tertiary/aromatic N) is 1. The largest absolute Gasteiger partial charge is 0.478 e. The normalized spacial score (nSPS) is 11.1. The summed E-state index contributed by atoms with van der Waals surface area (Å²) in [5.74, 6) is -3.36. The van der Waals surface area contributed by atoms with Crippen LogP contribution in [0.4, 0.5) is 14.5 Å². The van der Waals surface area contributed by atoms with Gasteiger partial charge < -0.3 is 5.11 Å². The molecule has 0 spiro atoms. The fourth-order valence-corrected chi connectivity index (χ4v) is 2.63. The number of nitrogens with one attached hydrogen (secondary N) is 1. The Morgan fingerprint density at radius 1 is 1.19 bits per heavy atom. The van der Waals surface area contributed by atoms with Crippen molar-refractivity contribution in [1.29, 1.82) is 0 Å². The van der Waals surface area contributed by atoms with Gasteiger partial charge in [0.1, 0.15) is 16.5 Å². The second-order valence-corrected chi connectivity index (χ2v) is 5.60. The first kappa shape index (κ1) is 14.9. The highest BCUT2D eigenvalue weighted by Crippen LogP contribution is 2.20. The number of aromatic nitrogens is 1. The van der Waals surface area contributed by atoms with Gasteiger partial charge in [-0.25, -0.2) is 22.0 Å². The lowest BCUT2D eigenvalue weighted by molar-refractivity contribution is 0.0696. The molecule has 2 rings (SSSR count). The van der Waals surface area contributed by atoms with Gasteiger partial charge in [0.2, 0.25) is 0 Å². The number of carboxylic acid groups (broad SMARTS) is 1. The highest BCUT2D eigenvalue weighted by molar-refractivity contribution is 7.92. The molecular weight excluding hydrogens is 306 g/mol. The highest BCUT2D eigenvalue weighted by atomic mass is 32.2. The Morgan fingerprint density at radius 3 is 2.57 bits per heavy atom. The number of pyridine rings is 1. The summed E-state index contributed by atoms with van der Waals surface area (Å²) in [6.45, 7) is 0. The Bertz CT molecular complexity index is 809. The Kier molecular flexibility index (Phi) is 3.85. The molecule has 0 radical (unpaired) electrons. The van der Waals surface area contributed by atoms with E-state index in [-0.39, 0.29) is 11.3 Å². The van der Waals surface area contributed by atoms with E-state index in [2.05, 4.69) is 4.98 Å². The molecule has 0 saturated heterocycles. The van der Waals surface area contributed by atoms with E-state index in [9.17, 15) is 22.0 Å². The first-order chi connectivity index (χ1) is 9.79. The third-order valence-corrected chi connectivity index (χ3v) is 3.82. The van der Waals surface area contributed by atoms with E-state index in [1.54, 1.807) is 0 Å². The lowest BCUT2D eigenvalue weighted by atomic mass is 10.3. The Hall–Kier alpha value is -2.55. The Labute approximate surface area is 118 Å². The molecule has 6 nitrogen and oxygen atoms in total. The minimum atomic E-state index is -4.41. The first-order valence-corrected chi connectivity index (χ1v) is 6.94. The minimum Gasteiger partial charge on any atom is -0.478 e. The number of hydrogen-bond acceptors (Lipinski definition) is 4. The molecule has 21 heavy (non-hydrogen) atoms. The van der Waals surface area contributed by atoms with Gasteiger partial charge in [-0.2, -0.15) is 0 Å². The van der Waals surface area contributed by atoms with Crippen molar-refractivity contribution < 1.29 is 27.1 Å². The Balaban J connectivity index is 2.40. The number of aromatic carboxylic acids is 1. The van der Waals surface area contributed by atoms with Gasteiger partial charge in [-0.1, -0.05) is 0 Å². The molecule has 2 N–H and O–H groups in total. The van der Waals surface area contributed by atoms with E-state index >= 15 is 0 Å². The summed E-state index contributed by atoms with van der Waals surface area (Å²) in [4.78, 5) is 13.4. The van der Waals surface area contributed by atoms with Crippen molar-refractivity contribution in [2.45, 2.75) is 4.90 Å². The van der Waals surface area contributed by atoms with Crippen LogP contribution in [0.2, 0.25) is 0 Å². The molecule has 0 aliphatic rings. The van der Waals surface area contributed by atoms with E-state index in [0.717, 1.165) is 24.5 Å². The SMILES string of the molecule is O=C(O)c1cncc(NS(=O)(=O)c2cc(F)ccc2F)c1. The van der Waals surface area contributed by atoms with Crippen LogP contribution < -0.4 is 4.72 Å². The van der Waals surface area contributed by atoms with Gasteiger partial charge in [-0.3, -0.25) is 9.71 Å². The van der Waals surface area contributed by atoms with Crippen molar-refractivity contribution in [1.82, 2.24) is 4.98 Å². The van der Waals surface area contributed by atoms with E-state index in [1.165, 1.54) is 0 Å². The molecule has 0 aliphatic heterocycles. The van der Waals surface area contributed by atoms with Gasteiger partial charge in [0.15, 0.2) is 0 Å². The first-order valence-electron chi connectivity index (χ1n) is 5.46. The number of hydrogen-bond donors (Lipinski definition) is 2. The van der Waals surface area contributed by atoms with Crippen molar-refractivity contribution in [3.05, 3.63) is 53.9 Å². The zero-order valence-electron chi connectivity index (χ0n) is 10.2. The standard InChI is InChI=1S/C12H8F2N2O4S/c13-8-1-2-10(14)11(4-8)21(19,20)16-9-3-7(12(17)18)5-15-6-9/h1-6,16H,(H,17,18). The molecule has 0 bridgehead atoms. The molecule has 1 aromatic carbocycles. The van der Waals surface area contributed by atoms with Crippen LogP contribution in [0.25, 0.3) is 0 Å². The van der Waals surface area contributed by atoms with Crippen molar-refractivity contribution >= 4 is 21.7 Å². The van der Waals surface area contributed by atoms with Gasteiger partial charge in [-0.15, -0.1) is 0 Å². The van der Waals surface area contributed by atoms with Crippen LogP contribution >= 0.6 is 0 Å². The maximum absolute atomic E-state index is 13.5. The van der Waals surface area contributed by atoms with E-state index in [1.807, 2.05) is 4.72 Å². The van der Waals surface area contributed by atoms with Crippen LogP contribution in [0.5, 0.6) is 0 Å². The third kappa shape index (κ3) is 3.31. The fourth-order valence-electron chi connectivity index (χ4n) is 1.51. The summed E-state index contributed by atoms with van der Waals surface area (Å²) in [6.07, 6.45) is 2.06. The predicted octanol–water partition coefficient (Wildman–Crippen LogP) is 1.86. The molecule has 0 fully saturated rings. The summed E-state index contributed by atoms with van der Waals surface area (Å²) in [5.41, 5.74) is -0.437. The van der Waals surface area contributed by atoms with Crippen LogP contribution in [0, 0.1) is 11.6 Å². The number of halogens is 2. The van der Waals surface area contributed by atoms with Gasteiger partial charge in [-0.05, 0) is 24.3 Å². The smallest absolute Gasteiger partial charge is 0.337 e. The van der Waals surface area contributed by atoms with Crippen molar-refractivity contribution in [3.8, 4) is 0 Å². The number of rotatable bonds is 4. The Morgan fingerprint density at radius 2 is 1.90 bits per heavy atom. The minimum absolute atomic E-state index is 0.182. The molecule has 1 heterocycles. The van der Waals surface area contributed by atoms with Crippen LogP contribution in [0.1, 0.15) is 10.4 Å². The van der Waals surface area contributed by atoms with E-state index in [4.69, 9.17) is 5.11 Å². The molecule has 0 saturated carbocycles. The average molecular weight is 314 g/mol. The highest BCUT2D eigenvalue weighted by Gasteiger charge is 2.20. The topological polar surface area (TPSA) is 96.4 Å². The number of anilines is 1. The van der Waals surface area contributed by atoms with E-state index in [0.29, 0.717) is 12.1 Å². The zero-order valence-corrected chi connectivity index (χ0v) is 11.1. The van der Waals surface area contributed by atoms with Crippen LogP contribution in [0.3, 0.4) is 0 Å². The second kappa shape index (κ2) is 5.44. The summed E-state index contributed by atoms with van der Waals surface area (Å²) in [6, 6.07) is 2.98. The second-order valence-electron chi connectivity index (χ2n) is 3.95. The van der Waals surface area contributed by atoms with E-state index < -0.39 is 32.5 Å². The van der Waals surface area contributed by atoms with Crippen LogP contribution in [-0.4, -0.2) is 24.5 Å². The lowest BCUT2D eigenvalue weighted by Crippen LogP contribution is -2.15. The van der Waals surface area contributed by atoms with Crippen LogP contribution in [-0.2, 0) is 10.0 Å². The third-order valence-electron chi connectivity index (χ3n) is 2.42. The molecule has 0 amide bonds. The van der Waals surface area contributed by atoms with Gasteiger partial charge in [0, 0.05) is 6.20 Å². The van der Waals surface area contributed by atoms with Crippen molar-refractivity contribution in [2.75, 3.05) is 4.72 Å². The fraction of sp³-hybridized carbons (Fsp3) is 0. The van der Waals surface area contributed by atoms with Gasteiger partial charge >= 0.3 is 5.97 Å². The van der Waals surface area contributed by atoms with Crippen LogP contribution in [0.15, 0.2) is 41.6 Å². The summed E-state index contributed by atoms with van der Waals surface area (Å²) in [5, 5.41) is 8.78. The summed E-state index contributed by atoms with van der Waals surface area (Å²) >= 11 is 0. The molecule has 2 aromatic rings. The quantitative estimate of drug-likeness (QED) is 0.898. The maximum atomic E-state index is 13.5. The molecule has 9 heteroatoms. The zero-order chi connectivity index (χ0) is 15.6. The van der Waals surface area contributed by atoms with Gasteiger partial charge in [0.25, 0.3) is 10.0 Å². The lowest BCUT2D eigenvalue weighted by Gasteiger charge is -2.09. The van der Waals surface area contributed by atoms with Crippen molar-refractivity contribution in [3.63, 3.8) is 0 Å². The van der Waals surface area contributed by atoms with Crippen molar-refractivity contribution in [2.24, 2.45) is 0 Å². The molecule has 0 unspecified atom stereocenters. The predicted molar refractivity (Wildman–Crippen MR) is 68.4 cm³/mol. The van der Waals surface area contributed by atoms with Gasteiger partial charge in [0.05, 0.1) is 17.4 Å². The molecular formula is C12H8F2N2O4S. The molecule has 0 aliphatic carbocycles. The molecule has 0 atom stereocenters. The number of benzene rings is 1. The summed E-state index contributed by atoms with van der Waals surface area (Å²) in [7, 11) is -4.41. The molecule has 1 aromatic heterocycles. The maximum Gasteiger partial charge on any atom is 0.337 e. The molecule has 110 valence electrons. The number of carboxylic acids is 1. The average Bonchev–Trinajstić information content (AvgIpc) is 2.41.